The highest BCUT2D eigenvalue weighted by molar-refractivity contribution is 5.36. The van der Waals surface area contributed by atoms with Crippen LogP contribution in [0, 0.1) is 5.82 Å². The third-order valence-corrected chi connectivity index (χ3v) is 3.91. The van der Waals surface area contributed by atoms with E-state index in [1.165, 1.54) is 5.56 Å². The second kappa shape index (κ2) is 11.2. The van der Waals surface area contributed by atoms with Crippen LogP contribution in [0.5, 0.6) is 0 Å². The van der Waals surface area contributed by atoms with Gasteiger partial charge in [-0.05, 0) is 34.9 Å². The van der Waals surface area contributed by atoms with Crippen LogP contribution in [0.3, 0.4) is 0 Å². The minimum absolute atomic E-state index is 0.110. The Labute approximate surface area is 162 Å². The van der Waals surface area contributed by atoms with Crippen molar-refractivity contribution in [2.75, 3.05) is 6.54 Å². The largest absolute Gasteiger partial charge is 0.416 e. The molecule has 0 aliphatic carbocycles. The highest BCUT2D eigenvalue weighted by Crippen LogP contribution is 2.30. The van der Waals surface area contributed by atoms with Crippen LogP contribution in [0.25, 0.3) is 0 Å². The topological polar surface area (TPSA) is 52.0 Å². The van der Waals surface area contributed by atoms with Crippen LogP contribution < -0.4 is 11.5 Å². The Morgan fingerprint density at radius 2 is 1.68 bits per heavy atom. The van der Waals surface area contributed by atoms with Crippen molar-refractivity contribution in [1.29, 1.82) is 0 Å². The lowest BCUT2D eigenvalue weighted by Gasteiger charge is -2.16. The molecule has 0 radical (unpaired) electrons. The molecule has 1 unspecified atom stereocenters. The van der Waals surface area contributed by atoms with Gasteiger partial charge in [-0.15, -0.1) is 0 Å². The second-order valence-corrected chi connectivity index (χ2v) is 5.86. The highest BCUT2D eigenvalue weighted by atomic mass is 19.4. The Hall–Kier alpha value is -2.70. The van der Waals surface area contributed by atoms with Crippen molar-refractivity contribution in [3.05, 3.63) is 108 Å². The lowest BCUT2D eigenvalue weighted by Crippen LogP contribution is -2.13. The van der Waals surface area contributed by atoms with E-state index in [0.29, 0.717) is 12.6 Å². The molecule has 150 valence electrons. The normalized spacial score (nSPS) is 12.6. The first-order valence-electron chi connectivity index (χ1n) is 8.53. The maximum Gasteiger partial charge on any atom is 0.416 e. The van der Waals surface area contributed by atoms with Gasteiger partial charge in [-0.25, -0.2) is 4.39 Å². The second-order valence-electron chi connectivity index (χ2n) is 5.86. The summed E-state index contributed by atoms with van der Waals surface area (Å²) in [5, 5.41) is 0. The first kappa shape index (κ1) is 23.3. The predicted molar refractivity (Wildman–Crippen MR) is 106 cm³/mol. The molecule has 0 aliphatic heterocycles. The molecule has 2 nitrogen and oxygen atoms in total. The van der Waals surface area contributed by atoms with Crippen LogP contribution in [0.1, 0.15) is 22.6 Å². The van der Waals surface area contributed by atoms with Crippen molar-refractivity contribution in [2.45, 2.75) is 18.6 Å². The van der Waals surface area contributed by atoms with Gasteiger partial charge in [-0.2, -0.15) is 13.2 Å². The van der Waals surface area contributed by atoms with E-state index in [2.05, 4.69) is 25.3 Å². The summed E-state index contributed by atoms with van der Waals surface area (Å²) in [6, 6.07) is 12.5. The summed E-state index contributed by atoms with van der Waals surface area (Å²) in [5.41, 5.74) is 12.3. The van der Waals surface area contributed by atoms with Crippen LogP contribution in [0.4, 0.5) is 17.6 Å². The fourth-order valence-corrected chi connectivity index (χ4v) is 2.54. The van der Waals surface area contributed by atoms with Crippen molar-refractivity contribution in [3.8, 4) is 0 Å². The molecule has 2 aromatic carbocycles. The Morgan fingerprint density at radius 1 is 1.04 bits per heavy atom. The van der Waals surface area contributed by atoms with Crippen LogP contribution in [-0.2, 0) is 12.7 Å². The molecule has 4 N–H and O–H groups in total. The van der Waals surface area contributed by atoms with Crippen molar-refractivity contribution < 1.29 is 17.6 Å². The maximum atomic E-state index is 12.6. The summed E-state index contributed by atoms with van der Waals surface area (Å²) in [7, 11) is 0. The van der Waals surface area contributed by atoms with E-state index in [-0.39, 0.29) is 18.0 Å². The quantitative estimate of drug-likeness (QED) is 0.516. The number of hydrogen-bond donors (Lipinski definition) is 2. The van der Waals surface area contributed by atoms with Crippen molar-refractivity contribution in [3.63, 3.8) is 0 Å². The summed E-state index contributed by atoms with van der Waals surface area (Å²) in [5.74, 6) is -0.711. The summed E-state index contributed by atoms with van der Waals surface area (Å²) in [4.78, 5) is 0. The van der Waals surface area contributed by atoms with E-state index in [0.717, 1.165) is 17.7 Å². The fraction of sp³-hybridized carbons (Fsp3) is 0.182. The van der Waals surface area contributed by atoms with Gasteiger partial charge in [0, 0.05) is 19.0 Å². The van der Waals surface area contributed by atoms with Crippen molar-refractivity contribution in [1.82, 2.24) is 0 Å². The van der Waals surface area contributed by atoms with E-state index < -0.39 is 17.6 Å². The van der Waals surface area contributed by atoms with Gasteiger partial charge in [0.05, 0.1) is 5.56 Å². The SMILES string of the molecule is C=C/C=C(\C=C)C(CN)c1ccccc1.NCc1cc(F)cc(C(F)(F)F)c1. The first-order chi connectivity index (χ1) is 13.3. The molecule has 0 amide bonds. The van der Waals surface area contributed by atoms with E-state index in [1.54, 1.807) is 6.08 Å². The Balaban J connectivity index is 0.000000283. The molecule has 2 aromatic rings. The highest BCUT2D eigenvalue weighted by Gasteiger charge is 2.31. The summed E-state index contributed by atoms with van der Waals surface area (Å²) < 4.78 is 48.8. The van der Waals surface area contributed by atoms with Crippen LogP contribution in [-0.4, -0.2) is 6.54 Å². The molecule has 0 aromatic heterocycles. The van der Waals surface area contributed by atoms with E-state index in [4.69, 9.17) is 11.5 Å². The average Bonchev–Trinajstić information content (AvgIpc) is 2.68. The van der Waals surface area contributed by atoms with Gasteiger partial charge in [0.15, 0.2) is 0 Å². The standard InChI is InChI=1S/C14H17N.C8H7F4N/c1-3-8-12(4-2)14(11-15)13-9-6-5-7-10-13;9-7-2-5(4-13)1-6(3-7)8(10,11)12/h3-10,14H,1-2,11,15H2;1-3H,4,13H2/b12-8+;. The van der Waals surface area contributed by atoms with Gasteiger partial charge in [-0.3, -0.25) is 0 Å². The van der Waals surface area contributed by atoms with E-state index >= 15 is 0 Å². The molecule has 0 bridgehead atoms. The number of hydrogen-bond acceptors (Lipinski definition) is 2. The fourth-order valence-electron chi connectivity index (χ4n) is 2.54. The molecular formula is C22H24F4N2. The first-order valence-corrected chi connectivity index (χ1v) is 8.53. The number of halogens is 4. The molecule has 0 saturated carbocycles. The average molecular weight is 392 g/mol. The molecule has 2 rings (SSSR count). The van der Waals surface area contributed by atoms with E-state index in [9.17, 15) is 17.6 Å². The lowest BCUT2D eigenvalue weighted by atomic mass is 9.91. The monoisotopic (exact) mass is 392 g/mol. The smallest absolute Gasteiger partial charge is 0.330 e. The van der Waals surface area contributed by atoms with Crippen molar-refractivity contribution in [2.24, 2.45) is 11.5 Å². The summed E-state index contributed by atoms with van der Waals surface area (Å²) >= 11 is 0. The third-order valence-electron chi connectivity index (χ3n) is 3.91. The molecule has 0 fully saturated rings. The minimum atomic E-state index is -4.52. The maximum absolute atomic E-state index is 12.6. The molecule has 0 aliphatic rings. The van der Waals surface area contributed by atoms with E-state index in [1.807, 2.05) is 30.4 Å². The molecular weight excluding hydrogens is 368 g/mol. The zero-order chi connectivity index (χ0) is 21.2. The summed E-state index contributed by atoms with van der Waals surface area (Å²) in [6.07, 6.45) is 1.04. The van der Waals surface area contributed by atoms with Gasteiger partial charge in [0.2, 0.25) is 0 Å². The van der Waals surface area contributed by atoms with Gasteiger partial charge in [0.1, 0.15) is 5.82 Å². The van der Waals surface area contributed by atoms with Crippen LogP contribution >= 0.6 is 0 Å². The zero-order valence-corrected chi connectivity index (χ0v) is 15.4. The van der Waals surface area contributed by atoms with Gasteiger partial charge in [0.25, 0.3) is 0 Å². The third kappa shape index (κ3) is 7.13. The molecule has 28 heavy (non-hydrogen) atoms. The summed E-state index contributed by atoms with van der Waals surface area (Å²) in [6.45, 7) is 7.96. The molecule has 0 heterocycles. The predicted octanol–water partition coefficient (Wildman–Crippen LogP) is 5.33. The number of nitrogens with two attached hydrogens (primary N) is 2. The Morgan fingerprint density at radius 3 is 2.14 bits per heavy atom. The molecule has 0 saturated heterocycles. The van der Waals surface area contributed by atoms with Gasteiger partial charge < -0.3 is 11.5 Å². The number of alkyl halides is 3. The molecule has 1 atom stereocenters. The number of rotatable bonds is 6. The molecule has 6 heteroatoms. The number of allylic oxidation sites excluding steroid dienone is 3. The zero-order valence-electron chi connectivity index (χ0n) is 15.4. The Kier molecular flexibility index (Phi) is 9.35. The van der Waals surface area contributed by atoms with Gasteiger partial charge >= 0.3 is 6.18 Å². The van der Waals surface area contributed by atoms with Crippen LogP contribution in [0.15, 0.2) is 85.5 Å². The molecule has 0 spiro atoms. The Bertz CT molecular complexity index is 796. The van der Waals surface area contributed by atoms with Gasteiger partial charge in [-0.1, -0.05) is 61.7 Å². The van der Waals surface area contributed by atoms with Crippen LogP contribution in [0.2, 0.25) is 0 Å². The minimum Gasteiger partial charge on any atom is -0.330 e. The number of benzene rings is 2. The lowest BCUT2D eigenvalue weighted by molar-refractivity contribution is -0.137. The van der Waals surface area contributed by atoms with Crippen molar-refractivity contribution >= 4 is 0 Å².